The molecule has 0 radical (unpaired) electrons. The first-order chi connectivity index (χ1) is 8.66. The van der Waals surface area contributed by atoms with Gasteiger partial charge in [0.15, 0.2) is 0 Å². The van der Waals surface area contributed by atoms with Gasteiger partial charge >= 0.3 is 5.97 Å². The van der Waals surface area contributed by atoms with Crippen molar-refractivity contribution in [2.45, 2.75) is 65.2 Å². The Kier molecular flexibility index (Phi) is 11.6. The maximum Gasteiger partial charge on any atom is 0.330 e. The molecule has 0 aliphatic carbocycles. The van der Waals surface area contributed by atoms with Crippen molar-refractivity contribution < 1.29 is 14.3 Å². The fourth-order valence-electron chi connectivity index (χ4n) is 1.71. The number of Topliss-reactive ketones (excluding diaryl/α,β-unsaturated/α-hetero) is 1. The van der Waals surface area contributed by atoms with Crippen molar-refractivity contribution in [2.24, 2.45) is 0 Å². The van der Waals surface area contributed by atoms with Crippen LogP contribution in [0, 0.1) is 0 Å². The maximum atomic E-state index is 11.0. The fourth-order valence-corrected chi connectivity index (χ4v) is 1.71. The number of esters is 1. The van der Waals surface area contributed by atoms with Crippen LogP contribution in [0.4, 0.5) is 0 Å². The number of hydrogen-bond acceptors (Lipinski definition) is 3. The number of unbranched alkanes of at least 4 members (excludes halogenated alkanes) is 6. The summed E-state index contributed by atoms with van der Waals surface area (Å²) in [6, 6.07) is 0. The zero-order valence-electron chi connectivity index (χ0n) is 11.7. The summed E-state index contributed by atoms with van der Waals surface area (Å²) in [7, 11) is 0. The summed E-state index contributed by atoms with van der Waals surface area (Å²) < 4.78 is 4.78. The molecule has 0 amide bonds. The van der Waals surface area contributed by atoms with Crippen LogP contribution in [-0.4, -0.2) is 18.4 Å². The minimum Gasteiger partial charge on any atom is -0.463 e. The average Bonchev–Trinajstić information content (AvgIpc) is 2.31. The molecule has 3 nitrogen and oxygen atoms in total. The zero-order chi connectivity index (χ0) is 13.6. The van der Waals surface area contributed by atoms with Gasteiger partial charge in [0.2, 0.25) is 0 Å². The van der Waals surface area contributed by atoms with Gasteiger partial charge in [0.1, 0.15) is 5.78 Å². The van der Waals surface area contributed by atoms with Gasteiger partial charge in [-0.05, 0) is 33.1 Å². The molecule has 0 aliphatic rings. The average molecular weight is 254 g/mol. The first kappa shape index (κ1) is 16.9. The molecule has 0 unspecified atom stereocenters. The van der Waals surface area contributed by atoms with Crippen LogP contribution >= 0.6 is 0 Å². The van der Waals surface area contributed by atoms with E-state index >= 15 is 0 Å². The fraction of sp³-hybridized carbons (Fsp3) is 0.733. The minimum atomic E-state index is -0.248. The maximum absolute atomic E-state index is 11.0. The smallest absolute Gasteiger partial charge is 0.330 e. The summed E-state index contributed by atoms with van der Waals surface area (Å²) in [6.45, 7) is 3.89. The van der Waals surface area contributed by atoms with E-state index in [1.807, 2.05) is 6.08 Å². The molecule has 0 N–H and O–H groups in total. The molecule has 0 bridgehead atoms. The Bertz CT molecular complexity index is 256. The van der Waals surface area contributed by atoms with Gasteiger partial charge in [-0.1, -0.05) is 31.8 Å². The molecule has 0 heterocycles. The Morgan fingerprint density at radius 3 is 2.22 bits per heavy atom. The second kappa shape index (κ2) is 12.3. The SMILES string of the molecule is CCOC(=O)/C=C/CCCCCCCCC(C)=O. The van der Waals surface area contributed by atoms with E-state index in [1.165, 1.54) is 25.3 Å². The normalized spacial score (nSPS) is 10.8. The van der Waals surface area contributed by atoms with Gasteiger partial charge in [0.05, 0.1) is 6.61 Å². The summed E-state index contributed by atoms with van der Waals surface area (Å²) in [5.74, 6) is 0.0424. The molecule has 0 saturated carbocycles. The standard InChI is InChI=1S/C15H26O3/c1-3-18-15(17)13-11-9-7-5-4-6-8-10-12-14(2)16/h11,13H,3-10,12H2,1-2H3/b13-11+. The van der Waals surface area contributed by atoms with E-state index in [1.54, 1.807) is 13.8 Å². The van der Waals surface area contributed by atoms with Crippen LogP contribution in [0.5, 0.6) is 0 Å². The number of allylic oxidation sites excluding steroid dienone is 1. The molecule has 0 atom stereocenters. The summed E-state index contributed by atoms with van der Waals surface area (Å²) in [4.78, 5) is 21.7. The van der Waals surface area contributed by atoms with E-state index in [-0.39, 0.29) is 5.97 Å². The Labute approximate surface area is 111 Å². The molecule has 0 rings (SSSR count). The van der Waals surface area contributed by atoms with Crippen LogP contribution in [0.3, 0.4) is 0 Å². The van der Waals surface area contributed by atoms with E-state index < -0.39 is 0 Å². The van der Waals surface area contributed by atoms with Gasteiger partial charge in [0.25, 0.3) is 0 Å². The Balaban J connectivity index is 3.21. The number of hydrogen-bond donors (Lipinski definition) is 0. The van der Waals surface area contributed by atoms with Gasteiger partial charge in [-0.2, -0.15) is 0 Å². The second-order valence-electron chi connectivity index (χ2n) is 4.52. The first-order valence-electron chi connectivity index (χ1n) is 6.99. The molecule has 0 saturated heterocycles. The molecule has 3 heteroatoms. The summed E-state index contributed by atoms with van der Waals surface area (Å²) in [5.41, 5.74) is 0. The number of ether oxygens (including phenoxy) is 1. The number of rotatable bonds is 11. The van der Waals surface area contributed by atoms with E-state index in [0.29, 0.717) is 12.4 Å². The summed E-state index contributed by atoms with van der Waals surface area (Å²) in [6.07, 6.45) is 11.9. The van der Waals surface area contributed by atoms with Gasteiger partial charge < -0.3 is 9.53 Å². The lowest BCUT2D eigenvalue weighted by Crippen LogP contribution is -1.98. The van der Waals surface area contributed by atoms with Crippen molar-refractivity contribution in [3.05, 3.63) is 12.2 Å². The van der Waals surface area contributed by atoms with Crippen LogP contribution in [0.2, 0.25) is 0 Å². The van der Waals surface area contributed by atoms with E-state index in [0.717, 1.165) is 32.1 Å². The third-order valence-corrected chi connectivity index (χ3v) is 2.69. The Hall–Kier alpha value is -1.12. The predicted octanol–water partition coefficient (Wildman–Crippen LogP) is 3.82. The van der Waals surface area contributed by atoms with E-state index in [9.17, 15) is 9.59 Å². The molecule has 0 aliphatic heterocycles. The number of ketones is 1. The van der Waals surface area contributed by atoms with Crippen molar-refractivity contribution in [1.82, 2.24) is 0 Å². The highest BCUT2D eigenvalue weighted by Crippen LogP contribution is 2.09. The predicted molar refractivity (Wildman–Crippen MR) is 73.4 cm³/mol. The molecule has 18 heavy (non-hydrogen) atoms. The van der Waals surface area contributed by atoms with Gasteiger partial charge in [-0.25, -0.2) is 4.79 Å². The highest BCUT2D eigenvalue weighted by molar-refractivity contribution is 5.81. The third-order valence-electron chi connectivity index (χ3n) is 2.69. The van der Waals surface area contributed by atoms with Crippen LogP contribution in [0.25, 0.3) is 0 Å². The molecule has 0 aromatic heterocycles. The lowest BCUT2D eigenvalue weighted by Gasteiger charge is -1.99. The van der Waals surface area contributed by atoms with E-state index in [2.05, 4.69) is 0 Å². The first-order valence-corrected chi connectivity index (χ1v) is 6.99. The lowest BCUT2D eigenvalue weighted by molar-refractivity contribution is -0.137. The van der Waals surface area contributed by atoms with Gasteiger partial charge in [-0.15, -0.1) is 0 Å². The third kappa shape index (κ3) is 12.9. The number of carbonyl (C=O) groups is 2. The molecule has 0 aromatic rings. The topological polar surface area (TPSA) is 43.4 Å². The molecular formula is C15H26O3. The van der Waals surface area contributed by atoms with Crippen molar-refractivity contribution in [3.8, 4) is 0 Å². The van der Waals surface area contributed by atoms with Crippen LogP contribution in [0.15, 0.2) is 12.2 Å². The monoisotopic (exact) mass is 254 g/mol. The number of carbonyl (C=O) groups excluding carboxylic acids is 2. The highest BCUT2D eigenvalue weighted by atomic mass is 16.5. The molecule has 0 spiro atoms. The van der Waals surface area contributed by atoms with Crippen LogP contribution in [-0.2, 0) is 14.3 Å². The lowest BCUT2D eigenvalue weighted by atomic mass is 10.1. The quantitative estimate of drug-likeness (QED) is 0.320. The van der Waals surface area contributed by atoms with Crippen LogP contribution < -0.4 is 0 Å². The Morgan fingerprint density at radius 1 is 1.00 bits per heavy atom. The van der Waals surface area contributed by atoms with Gasteiger partial charge in [-0.3, -0.25) is 0 Å². The van der Waals surface area contributed by atoms with Crippen LogP contribution in [0.1, 0.15) is 65.2 Å². The Morgan fingerprint density at radius 2 is 1.61 bits per heavy atom. The second-order valence-corrected chi connectivity index (χ2v) is 4.52. The molecule has 104 valence electrons. The minimum absolute atomic E-state index is 0.248. The van der Waals surface area contributed by atoms with E-state index in [4.69, 9.17) is 4.74 Å². The van der Waals surface area contributed by atoms with Crippen molar-refractivity contribution in [3.63, 3.8) is 0 Å². The molecule has 0 fully saturated rings. The molecular weight excluding hydrogens is 228 g/mol. The van der Waals surface area contributed by atoms with Crippen molar-refractivity contribution in [2.75, 3.05) is 6.61 Å². The van der Waals surface area contributed by atoms with Gasteiger partial charge in [0, 0.05) is 12.5 Å². The summed E-state index contributed by atoms with van der Waals surface area (Å²) >= 11 is 0. The highest BCUT2D eigenvalue weighted by Gasteiger charge is 1.95. The molecule has 0 aromatic carbocycles. The zero-order valence-corrected chi connectivity index (χ0v) is 11.7. The van der Waals surface area contributed by atoms with Crippen molar-refractivity contribution in [1.29, 1.82) is 0 Å². The summed E-state index contributed by atoms with van der Waals surface area (Å²) in [5, 5.41) is 0. The van der Waals surface area contributed by atoms with Crippen molar-refractivity contribution >= 4 is 11.8 Å². The largest absolute Gasteiger partial charge is 0.463 e.